The molecule has 0 saturated carbocycles. The first-order chi connectivity index (χ1) is 11.6. The number of methoxy groups -OCH3 is 1. The Balaban J connectivity index is 1.66. The summed E-state index contributed by atoms with van der Waals surface area (Å²) >= 11 is 0. The standard InChI is InChI=1S/C17H20N4O3/c1-12-3-5-14(6-4-12)21-11-15(18-19-21)16(22)20-9-7-13(8-10-20)17(23)24-2/h3-6,11,13H,7-10H2,1-2H3. The van der Waals surface area contributed by atoms with Gasteiger partial charge >= 0.3 is 5.97 Å². The third-order valence-corrected chi connectivity index (χ3v) is 4.33. The number of aromatic nitrogens is 3. The summed E-state index contributed by atoms with van der Waals surface area (Å²) in [6.07, 6.45) is 2.87. The predicted molar refractivity (Wildman–Crippen MR) is 86.7 cm³/mol. The molecule has 0 aliphatic carbocycles. The summed E-state index contributed by atoms with van der Waals surface area (Å²) in [6, 6.07) is 7.83. The van der Waals surface area contributed by atoms with Gasteiger partial charge in [0.05, 0.1) is 24.9 Å². The van der Waals surface area contributed by atoms with Crippen LogP contribution in [0.25, 0.3) is 5.69 Å². The van der Waals surface area contributed by atoms with Gasteiger partial charge in [0.1, 0.15) is 0 Å². The van der Waals surface area contributed by atoms with Crippen LogP contribution in [0.15, 0.2) is 30.5 Å². The lowest BCUT2D eigenvalue weighted by molar-refractivity contribution is -0.146. The number of rotatable bonds is 3. The number of benzene rings is 1. The summed E-state index contributed by atoms with van der Waals surface area (Å²) in [6.45, 7) is 3.06. The highest BCUT2D eigenvalue weighted by Gasteiger charge is 2.29. The highest BCUT2D eigenvalue weighted by molar-refractivity contribution is 5.92. The summed E-state index contributed by atoms with van der Waals surface area (Å²) in [5.41, 5.74) is 2.33. The van der Waals surface area contributed by atoms with Crippen LogP contribution in [0.3, 0.4) is 0 Å². The van der Waals surface area contributed by atoms with Gasteiger partial charge < -0.3 is 9.64 Å². The summed E-state index contributed by atoms with van der Waals surface area (Å²) in [4.78, 5) is 25.8. The van der Waals surface area contributed by atoms with E-state index in [-0.39, 0.29) is 17.8 Å². The molecule has 2 aromatic rings. The summed E-state index contributed by atoms with van der Waals surface area (Å²) in [5.74, 6) is -0.480. The zero-order valence-electron chi connectivity index (χ0n) is 13.8. The van der Waals surface area contributed by atoms with Gasteiger partial charge in [-0.2, -0.15) is 0 Å². The topological polar surface area (TPSA) is 77.3 Å². The molecule has 1 aliphatic rings. The number of amides is 1. The van der Waals surface area contributed by atoms with Crippen LogP contribution in [0.5, 0.6) is 0 Å². The Kier molecular flexibility index (Phi) is 4.59. The number of hydrogen-bond acceptors (Lipinski definition) is 5. The van der Waals surface area contributed by atoms with Crippen molar-refractivity contribution < 1.29 is 14.3 Å². The summed E-state index contributed by atoms with van der Waals surface area (Å²) < 4.78 is 6.35. The molecule has 0 unspecified atom stereocenters. The SMILES string of the molecule is COC(=O)C1CCN(C(=O)c2cn(-c3ccc(C)cc3)nn2)CC1. The van der Waals surface area contributed by atoms with Crippen LogP contribution >= 0.6 is 0 Å². The van der Waals surface area contributed by atoms with Crippen molar-refractivity contribution in [1.29, 1.82) is 0 Å². The van der Waals surface area contributed by atoms with E-state index < -0.39 is 0 Å². The maximum atomic E-state index is 12.5. The molecule has 1 fully saturated rings. The molecule has 0 spiro atoms. The van der Waals surface area contributed by atoms with Crippen molar-refractivity contribution in [3.05, 3.63) is 41.7 Å². The second-order valence-electron chi connectivity index (χ2n) is 5.97. The fourth-order valence-electron chi connectivity index (χ4n) is 2.83. The zero-order valence-corrected chi connectivity index (χ0v) is 13.8. The first kappa shape index (κ1) is 16.2. The molecular formula is C17H20N4O3. The van der Waals surface area contributed by atoms with E-state index in [0.717, 1.165) is 11.3 Å². The van der Waals surface area contributed by atoms with Gasteiger partial charge in [0.2, 0.25) is 0 Å². The first-order valence-electron chi connectivity index (χ1n) is 7.95. The Bertz CT molecular complexity index is 731. The van der Waals surface area contributed by atoms with Crippen LogP contribution in [0.2, 0.25) is 0 Å². The Morgan fingerprint density at radius 1 is 1.17 bits per heavy atom. The number of nitrogens with zero attached hydrogens (tertiary/aromatic N) is 4. The normalized spacial score (nSPS) is 15.3. The molecular weight excluding hydrogens is 308 g/mol. The van der Waals surface area contributed by atoms with E-state index in [0.29, 0.717) is 31.6 Å². The van der Waals surface area contributed by atoms with Crippen molar-refractivity contribution >= 4 is 11.9 Å². The molecule has 0 N–H and O–H groups in total. The minimum atomic E-state index is -0.201. The van der Waals surface area contributed by atoms with Crippen molar-refractivity contribution in [3.63, 3.8) is 0 Å². The fourth-order valence-corrected chi connectivity index (χ4v) is 2.83. The average molecular weight is 328 g/mol. The first-order valence-corrected chi connectivity index (χ1v) is 7.95. The molecule has 0 radical (unpaired) electrons. The lowest BCUT2D eigenvalue weighted by atomic mass is 9.97. The van der Waals surface area contributed by atoms with E-state index >= 15 is 0 Å². The Morgan fingerprint density at radius 2 is 1.83 bits per heavy atom. The molecule has 1 aliphatic heterocycles. The van der Waals surface area contributed by atoms with Gasteiger partial charge in [-0.25, -0.2) is 4.68 Å². The molecule has 24 heavy (non-hydrogen) atoms. The van der Waals surface area contributed by atoms with Crippen LogP contribution < -0.4 is 0 Å². The second-order valence-corrected chi connectivity index (χ2v) is 5.97. The Morgan fingerprint density at radius 3 is 2.46 bits per heavy atom. The fraction of sp³-hybridized carbons (Fsp3) is 0.412. The number of carbonyl (C=O) groups is 2. The highest BCUT2D eigenvalue weighted by Crippen LogP contribution is 2.20. The van der Waals surface area contributed by atoms with E-state index in [1.54, 1.807) is 15.8 Å². The maximum Gasteiger partial charge on any atom is 0.308 e. The lowest BCUT2D eigenvalue weighted by Gasteiger charge is -2.30. The minimum absolute atomic E-state index is 0.123. The molecule has 0 bridgehead atoms. The van der Waals surface area contributed by atoms with E-state index in [2.05, 4.69) is 10.3 Å². The number of ether oxygens (including phenoxy) is 1. The zero-order chi connectivity index (χ0) is 17.1. The maximum absolute atomic E-state index is 12.5. The van der Waals surface area contributed by atoms with Gasteiger partial charge in [-0.1, -0.05) is 22.9 Å². The molecule has 0 atom stereocenters. The number of aryl methyl sites for hydroxylation is 1. The van der Waals surface area contributed by atoms with Crippen molar-refractivity contribution in [1.82, 2.24) is 19.9 Å². The van der Waals surface area contributed by atoms with Crippen molar-refractivity contribution in [2.75, 3.05) is 20.2 Å². The third kappa shape index (κ3) is 3.29. The average Bonchev–Trinajstić information content (AvgIpc) is 3.11. The highest BCUT2D eigenvalue weighted by atomic mass is 16.5. The smallest absolute Gasteiger partial charge is 0.308 e. The van der Waals surface area contributed by atoms with Gasteiger partial charge in [-0.15, -0.1) is 5.10 Å². The number of likely N-dealkylation sites (tertiary alicyclic amines) is 1. The minimum Gasteiger partial charge on any atom is -0.469 e. The van der Waals surface area contributed by atoms with Crippen LogP contribution in [0, 0.1) is 12.8 Å². The molecule has 7 heteroatoms. The van der Waals surface area contributed by atoms with Crippen LogP contribution in [0.4, 0.5) is 0 Å². The Labute approximate surface area is 140 Å². The van der Waals surface area contributed by atoms with Gasteiger partial charge in [0.15, 0.2) is 5.69 Å². The number of piperidine rings is 1. The van der Waals surface area contributed by atoms with E-state index in [1.165, 1.54) is 7.11 Å². The van der Waals surface area contributed by atoms with Crippen LogP contribution in [-0.4, -0.2) is 52.0 Å². The molecule has 1 aromatic heterocycles. The van der Waals surface area contributed by atoms with Gasteiger partial charge in [-0.05, 0) is 31.9 Å². The monoisotopic (exact) mass is 328 g/mol. The molecule has 126 valence electrons. The molecule has 1 amide bonds. The van der Waals surface area contributed by atoms with Crippen molar-refractivity contribution in [3.8, 4) is 5.69 Å². The Hall–Kier alpha value is -2.70. The molecule has 7 nitrogen and oxygen atoms in total. The van der Waals surface area contributed by atoms with Crippen LogP contribution in [-0.2, 0) is 9.53 Å². The molecule has 1 aromatic carbocycles. The number of esters is 1. The van der Waals surface area contributed by atoms with Gasteiger partial charge in [0, 0.05) is 13.1 Å². The van der Waals surface area contributed by atoms with Crippen LogP contribution in [0.1, 0.15) is 28.9 Å². The van der Waals surface area contributed by atoms with Gasteiger partial charge in [0.25, 0.3) is 5.91 Å². The number of hydrogen-bond donors (Lipinski definition) is 0. The quantitative estimate of drug-likeness (QED) is 0.800. The second kappa shape index (κ2) is 6.82. The van der Waals surface area contributed by atoms with Gasteiger partial charge in [-0.3, -0.25) is 9.59 Å². The molecule has 2 heterocycles. The third-order valence-electron chi connectivity index (χ3n) is 4.33. The lowest BCUT2D eigenvalue weighted by Crippen LogP contribution is -2.40. The number of carbonyl (C=O) groups excluding carboxylic acids is 2. The predicted octanol–water partition coefficient (Wildman–Crippen LogP) is 1.60. The summed E-state index contributed by atoms with van der Waals surface area (Å²) in [7, 11) is 1.39. The largest absolute Gasteiger partial charge is 0.469 e. The molecule has 1 saturated heterocycles. The molecule has 3 rings (SSSR count). The van der Waals surface area contributed by atoms with Crippen molar-refractivity contribution in [2.45, 2.75) is 19.8 Å². The van der Waals surface area contributed by atoms with E-state index in [4.69, 9.17) is 4.74 Å². The van der Waals surface area contributed by atoms with E-state index in [1.807, 2.05) is 31.2 Å². The van der Waals surface area contributed by atoms with Crippen molar-refractivity contribution in [2.24, 2.45) is 5.92 Å². The summed E-state index contributed by atoms with van der Waals surface area (Å²) in [5, 5.41) is 8.02. The van der Waals surface area contributed by atoms with E-state index in [9.17, 15) is 9.59 Å².